The van der Waals surface area contributed by atoms with E-state index in [2.05, 4.69) is 43.4 Å². The molecular formula is C17H19ClFN. The van der Waals surface area contributed by atoms with Gasteiger partial charge in [-0.1, -0.05) is 54.4 Å². The van der Waals surface area contributed by atoms with Crippen LogP contribution < -0.4 is 5.32 Å². The van der Waals surface area contributed by atoms with E-state index in [1.165, 1.54) is 23.3 Å². The van der Waals surface area contributed by atoms with Crippen molar-refractivity contribution >= 4 is 11.6 Å². The summed E-state index contributed by atoms with van der Waals surface area (Å²) in [5.41, 5.74) is 3.42. The number of likely N-dealkylation sites (N-methyl/N-ethyl adjacent to an activating group) is 1. The molecule has 0 spiro atoms. The molecule has 0 heterocycles. The van der Waals surface area contributed by atoms with E-state index in [1.807, 2.05) is 0 Å². The number of aryl methyl sites for hydroxylation is 1. The molecule has 106 valence electrons. The van der Waals surface area contributed by atoms with Gasteiger partial charge in [0.25, 0.3) is 0 Å². The molecule has 1 unspecified atom stereocenters. The van der Waals surface area contributed by atoms with Gasteiger partial charge in [-0.05, 0) is 43.1 Å². The first-order valence-electron chi connectivity index (χ1n) is 6.84. The van der Waals surface area contributed by atoms with Gasteiger partial charge < -0.3 is 5.32 Å². The second-order valence-electron chi connectivity index (χ2n) is 4.96. The van der Waals surface area contributed by atoms with Crippen molar-refractivity contribution in [2.75, 3.05) is 6.54 Å². The zero-order chi connectivity index (χ0) is 14.5. The van der Waals surface area contributed by atoms with E-state index in [-0.39, 0.29) is 11.9 Å². The SMILES string of the molecule is CCNC(Cc1ccc(F)cc1Cl)c1ccc(C)cc1. The fourth-order valence-electron chi connectivity index (χ4n) is 2.26. The number of benzene rings is 2. The summed E-state index contributed by atoms with van der Waals surface area (Å²) in [6.07, 6.45) is 0.746. The maximum atomic E-state index is 13.1. The Balaban J connectivity index is 2.22. The molecule has 0 saturated heterocycles. The average Bonchev–Trinajstić information content (AvgIpc) is 2.42. The lowest BCUT2D eigenvalue weighted by molar-refractivity contribution is 0.548. The molecule has 20 heavy (non-hydrogen) atoms. The number of nitrogens with one attached hydrogen (secondary N) is 1. The molecule has 0 saturated carbocycles. The van der Waals surface area contributed by atoms with E-state index in [4.69, 9.17) is 11.6 Å². The molecule has 2 rings (SSSR count). The van der Waals surface area contributed by atoms with Crippen molar-refractivity contribution in [2.45, 2.75) is 26.3 Å². The van der Waals surface area contributed by atoms with Crippen LogP contribution in [0.25, 0.3) is 0 Å². The third kappa shape index (κ3) is 3.81. The van der Waals surface area contributed by atoms with Gasteiger partial charge in [0.15, 0.2) is 0 Å². The summed E-state index contributed by atoms with van der Waals surface area (Å²) in [5.74, 6) is -0.297. The molecule has 1 N–H and O–H groups in total. The fraction of sp³-hybridized carbons (Fsp3) is 0.294. The van der Waals surface area contributed by atoms with Crippen LogP contribution in [0.4, 0.5) is 4.39 Å². The molecule has 1 nitrogen and oxygen atoms in total. The number of halogens is 2. The molecule has 0 amide bonds. The number of hydrogen-bond acceptors (Lipinski definition) is 1. The maximum Gasteiger partial charge on any atom is 0.124 e. The van der Waals surface area contributed by atoms with Crippen molar-refractivity contribution in [1.29, 1.82) is 0 Å². The minimum atomic E-state index is -0.297. The highest BCUT2D eigenvalue weighted by Crippen LogP contribution is 2.24. The van der Waals surface area contributed by atoms with E-state index in [9.17, 15) is 4.39 Å². The summed E-state index contributed by atoms with van der Waals surface area (Å²) in [6.45, 7) is 5.02. The summed E-state index contributed by atoms with van der Waals surface area (Å²) >= 11 is 6.12. The molecule has 0 radical (unpaired) electrons. The largest absolute Gasteiger partial charge is 0.310 e. The minimum Gasteiger partial charge on any atom is -0.310 e. The Bertz CT molecular complexity index is 566. The zero-order valence-electron chi connectivity index (χ0n) is 11.8. The normalized spacial score (nSPS) is 12.4. The Morgan fingerprint density at radius 1 is 1.15 bits per heavy atom. The standard InChI is InChI=1S/C17H19ClFN/c1-3-20-17(13-6-4-12(2)5-7-13)10-14-8-9-15(19)11-16(14)18/h4-9,11,17,20H,3,10H2,1-2H3. The first-order chi connectivity index (χ1) is 9.60. The van der Waals surface area contributed by atoms with Gasteiger partial charge in [0, 0.05) is 11.1 Å². The lowest BCUT2D eigenvalue weighted by Crippen LogP contribution is -2.23. The monoisotopic (exact) mass is 291 g/mol. The summed E-state index contributed by atoms with van der Waals surface area (Å²) in [5, 5.41) is 3.94. The summed E-state index contributed by atoms with van der Waals surface area (Å²) in [7, 11) is 0. The molecular weight excluding hydrogens is 273 g/mol. The van der Waals surface area contributed by atoms with Crippen LogP contribution >= 0.6 is 11.6 Å². The van der Waals surface area contributed by atoms with Crippen molar-refractivity contribution in [2.24, 2.45) is 0 Å². The third-order valence-electron chi connectivity index (χ3n) is 3.37. The molecule has 3 heteroatoms. The Morgan fingerprint density at radius 3 is 2.45 bits per heavy atom. The van der Waals surface area contributed by atoms with Gasteiger partial charge in [-0.2, -0.15) is 0 Å². The van der Waals surface area contributed by atoms with E-state index >= 15 is 0 Å². The van der Waals surface area contributed by atoms with Crippen LogP contribution in [-0.4, -0.2) is 6.54 Å². The van der Waals surface area contributed by atoms with Crippen LogP contribution in [0.15, 0.2) is 42.5 Å². The lowest BCUT2D eigenvalue weighted by atomic mass is 9.98. The van der Waals surface area contributed by atoms with Gasteiger partial charge in [0.2, 0.25) is 0 Å². The Labute approximate surface area is 124 Å². The molecule has 0 aliphatic rings. The van der Waals surface area contributed by atoms with Gasteiger partial charge in [-0.15, -0.1) is 0 Å². The molecule has 0 aliphatic heterocycles. The highest BCUT2D eigenvalue weighted by atomic mass is 35.5. The van der Waals surface area contributed by atoms with E-state index in [0.717, 1.165) is 18.5 Å². The van der Waals surface area contributed by atoms with Crippen molar-refractivity contribution in [3.05, 3.63) is 70.0 Å². The predicted octanol–water partition coefficient (Wildman–Crippen LogP) is 4.68. The zero-order valence-corrected chi connectivity index (χ0v) is 12.5. The van der Waals surface area contributed by atoms with Gasteiger partial charge in [0.05, 0.1) is 0 Å². The van der Waals surface area contributed by atoms with Crippen LogP contribution in [-0.2, 0) is 6.42 Å². The Kier molecular flexibility index (Phi) is 5.16. The third-order valence-corrected chi connectivity index (χ3v) is 3.72. The van der Waals surface area contributed by atoms with Crippen LogP contribution in [0.1, 0.15) is 29.7 Å². The molecule has 1 atom stereocenters. The quantitative estimate of drug-likeness (QED) is 0.843. The van der Waals surface area contributed by atoms with E-state index in [1.54, 1.807) is 6.07 Å². The predicted molar refractivity (Wildman–Crippen MR) is 82.7 cm³/mol. The van der Waals surface area contributed by atoms with Crippen LogP contribution in [0, 0.1) is 12.7 Å². The van der Waals surface area contributed by atoms with Crippen molar-refractivity contribution in [3.63, 3.8) is 0 Å². The molecule has 0 aromatic heterocycles. The summed E-state index contributed by atoms with van der Waals surface area (Å²) in [4.78, 5) is 0. The van der Waals surface area contributed by atoms with Crippen LogP contribution in [0.2, 0.25) is 5.02 Å². The van der Waals surface area contributed by atoms with Gasteiger partial charge in [-0.25, -0.2) is 4.39 Å². The van der Waals surface area contributed by atoms with Crippen molar-refractivity contribution in [1.82, 2.24) is 5.32 Å². The van der Waals surface area contributed by atoms with E-state index in [0.29, 0.717) is 5.02 Å². The molecule has 2 aromatic rings. The molecule has 0 bridgehead atoms. The number of rotatable bonds is 5. The first-order valence-corrected chi connectivity index (χ1v) is 7.22. The highest BCUT2D eigenvalue weighted by molar-refractivity contribution is 6.31. The van der Waals surface area contributed by atoms with Crippen LogP contribution in [0.3, 0.4) is 0 Å². The first kappa shape index (κ1) is 15.0. The second-order valence-corrected chi connectivity index (χ2v) is 5.37. The minimum absolute atomic E-state index is 0.184. The summed E-state index contributed by atoms with van der Waals surface area (Å²) in [6, 6.07) is 13.2. The van der Waals surface area contributed by atoms with Gasteiger partial charge in [-0.3, -0.25) is 0 Å². The molecule has 2 aromatic carbocycles. The van der Waals surface area contributed by atoms with Crippen LogP contribution in [0.5, 0.6) is 0 Å². The topological polar surface area (TPSA) is 12.0 Å². The molecule has 0 fully saturated rings. The Hall–Kier alpha value is -1.38. The summed E-state index contributed by atoms with van der Waals surface area (Å²) < 4.78 is 13.1. The highest BCUT2D eigenvalue weighted by Gasteiger charge is 2.13. The second kappa shape index (κ2) is 6.87. The lowest BCUT2D eigenvalue weighted by Gasteiger charge is -2.19. The number of hydrogen-bond donors (Lipinski definition) is 1. The fourth-order valence-corrected chi connectivity index (χ4v) is 2.50. The smallest absolute Gasteiger partial charge is 0.124 e. The van der Waals surface area contributed by atoms with Gasteiger partial charge in [0.1, 0.15) is 5.82 Å². The Morgan fingerprint density at radius 2 is 1.85 bits per heavy atom. The van der Waals surface area contributed by atoms with Gasteiger partial charge >= 0.3 is 0 Å². The average molecular weight is 292 g/mol. The van der Waals surface area contributed by atoms with Crippen molar-refractivity contribution < 1.29 is 4.39 Å². The van der Waals surface area contributed by atoms with Crippen molar-refractivity contribution in [3.8, 4) is 0 Å². The molecule has 0 aliphatic carbocycles. The van der Waals surface area contributed by atoms with E-state index < -0.39 is 0 Å². The maximum absolute atomic E-state index is 13.1.